The van der Waals surface area contributed by atoms with E-state index in [0.717, 1.165) is 26.2 Å². The molecule has 1 saturated heterocycles. The van der Waals surface area contributed by atoms with Gasteiger partial charge in [0, 0.05) is 19.7 Å². The summed E-state index contributed by atoms with van der Waals surface area (Å²) in [6, 6.07) is 8.52. The van der Waals surface area contributed by atoms with Crippen molar-refractivity contribution in [2.45, 2.75) is 25.4 Å². The van der Waals surface area contributed by atoms with Crippen molar-refractivity contribution in [1.82, 2.24) is 4.90 Å². The average Bonchev–Trinajstić information content (AvgIpc) is 2.82. The van der Waals surface area contributed by atoms with Crippen LogP contribution in [0.25, 0.3) is 0 Å². The molecular formula is C14H22N2O. The van der Waals surface area contributed by atoms with Crippen LogP contribution in [0.15, 0.2) is 24.3 Å². The summed E-state index contributed by atoms with van der Waals surface area (Å²) in [6.07, 6.45) is 1.03. The van der Waals surface area contributed by atoms with Crippen molar-refractivity contribution in [3.05, 3.63) is 35.4 Å². The van der Waals surface area contributed by atoms with E-state index in [0.29, 0.717) is 6.54 Å². The van der Waals surface area contributed by atoms with E-state index in [1.54, 1.807) is 0 Å². The number of aryl methyl sites for hydroxylation is 1. The third-order valence-electron chi connectivity index (χ3n) is 3.94. The molecule has 2 rings (SSSR count). The van der Waals surface area contributed by atoms with Gasteiger partial charge in [-0.3, -0.25) is 4.90 Å². The van der Waals surface area contributed by atoms with Crippen LogP contribution in [0, 0.1) is 6.92 Å². The van der Waals surface area contributed by atoms with Crippen LogP contribution in [-0.4, -0.2) is 37.2 Å². The summed E-state index contributed by atoms with van der Waals surface area (Å²) in [6.45, 7) is 5.34. The van der Waals surface area contributed by atoms with Gasteiger partial charge in [0.15, 0.2) is 0 Å². The Kier molecular flexibility index (Phi) is 3.82. The molecule has 94 valence electrons. The van der Waals surface area contributed by atoms with Crippen LogP contribution in [0.4, 0.5) is 0 Å². The van der Waals surface area contributed by atoms with Crippen molar-refractivity contribution < 1.29 is 4.74 Å². The highest BCUT2D eigenvalue weighted by molar-refractivity contribution is 5.25. The number of nitrogens with two attached hydrogens (primary N) is 1. The van der Waals surface area contributed by atoms with E-state index in [1.165, 1.54) is 11.1 Å². The molecule has 0 radical (unpaired) electrons. The molecule has 1 aliphatic heterocycles. The number of benzene rings is 1. The van der Waals surface area contributed by atoms with E-state index >= 15 is 0 Å². The summed E-state index contributed by atoms with van der Waals surface area (Å²) in [7, 11) is 2.15. The summed E-state index contributed by atoms with van der Waals surface area (Å²) in [4.78, 5) is 2.35. The first-order valence-corrected chi connectivity index (χ1v) is 6.21. The monoisotopic (exact) mass is 234 g/mol. The Morgan fingerprint density at radius 2 is 2.18 bits per heavy atom. The second kappa shape index (κ2) is 5.17. The molecule has 1 fully saturated rings. The molecule has 0 aliphatic carbocycles. The van der Waals surface area contributed by atoms with Crippen LogP contribution in [0.5, 0.6) is 0 Å². The fraction of sp³-hybridized carbons (Fsp3) is 0.571. The minimum Gasteiger partial charge on any atom is -0.379 e. The van der Waals surface area contributed by atoms with Crippen LogP contribution in [0.1, 0.15) is 17.5 Å². The maximum absolute atomic E-state index is 5.94. The summed E-state index contributed by atoms with van der Waals surface area (Å²) < 4.78 is 5.52. The van der Waals surface area contributed by atoms with E-state index in [1.807, 2.05) is 0 Å². The van der Waals surface area contributed by atoms with Gasteiger partial charge in [0.1, 0.15) is 0 Å². The number of hydrogen-bond acceptors (Lipinski definition) is 3. The van der Waals surface area contributed by atoms with Crippen molar-refractivity contribution in [2.24, 2.45) is 5.73 Å². The van der Waals surface area contributed by atoms with Crippen molar-refractivity contribution in [3.63, 3.8) is 0 Å². The van der Waals surface area contributed by atoms with Gasteiger partial charge >= 0.3 is 0 Å². The highest BCUT2D eigenvalue weighted by atomic mass is 16.5. The van der Waals surface area contributed by atoms with Crippen LogP contribution < -0.4 is 5.73 Å². The van der Waals surface area contributed by atoms with Crippen LogP contribution in [0.2, 0.25) is 0 Å². The molecule has 1 unspecified atom stereocenters. The molecule has 1 aliphatic rings. The van der Waals surface area contributed by atoms with Crippen molar-refractivity contribution >= 4 is 0 Å². The normalized spacial score (nSPS) is 24.5. The molecule has 0 spiro atoms. The van der Waals surface area contributed by atoms with Crippen molar-refractivity contribution in [2.75, 3.05) is 26.8 Å². The number of hydrogen-bond donors (Lipinski definition) is 1. The largest absolute Gasteiger partial charge is 0.379 e. The molecule has 2 N–H and O–H groups in total. The average molecular weight is 234 g/mol. The maximum Gasteiger partial charge on any atom is 0.0663 e. The quantitative estimate of drug-likeness (QED) is 0.859. The van der Waals surface area contributed by atoms with E-state index in [-0.39, 0.29) is 5.54 Å². The second-order valence-electron chi connectivity index (χ2n) is 5.01. The number of rotatable bonds is 4. The Morgan fingerprint density at radius 3 is 2.76 bits per heavy atom. The molecule has 17 heavy (non-hydrogen) atoms. The zero-order valence-electron chi connectivity index (χ0n) is 10.8. The fourth-order valence-corrected chi connectivity index (χ4v) is 2.43. The lowest BCUT2D eigenvalue weighted by atomic mass is 9.95. The first-order valence-electron chi connectivity index (χ1n) is 6.21. The fourth-order valence-electron chi connectivity index (χ4n) is 2.43. The Labute approximate surface area is 104 Å². The van der Waals surface area contributed by atoms with E-state index < -0.39 is 0 Å². The lowest BCUT2D eigenvalue weighted by Crippen LogP contribution is -2.52. The zero-order valence-corrected chi connectivity index (χ0v) is 10.8. The van der Waals surface area contributed by atoms with Gasteiger partial charge in [-0.05, 0) is 31.5 Å². The van der Waals surface area contributed by atoms with E-state index in [2.05, 4.69) is 43.1 Å². The number of likely N-dealkylation sites (N-methyl/N-ethyl adjacent to an activating group) is 1. The first kappa shape index (κ1) is 12.6. The van der Waals surface area contributed by atoms with Gasteiger partial charge in [-0.25, -0.2) is 0 Å². The van der Waals surface area contributed by atoms with Gasteiger partial charge in [0.2, 0.25) is 0 Å². The van der Waals surface area contributed by atoms with Gasteiger partial charge in [0.05, 0.1) is 12.1 Å². The number of nitrogens with zero attached hydrogens (tertiary/aromatic N) is 1. The number of ether oxygens (including phenoxy) is 1. The highest BCUT2D eigenvalue weighted by Gasteiger charge is 2.37. The van der Waals surface area contributed by atoms with E-state index in [4.69, 9.17) is 10.5 Å². The van der Waals surface area contributed by atoms with Crippen molar-refractivity contribution in [1.29, 1.82) is 0 Å². The van der Waals surface area contributed by atoms with Gasteiger partial charge < -0.3 is 10.5 Å². The molecule has 0 aromatic heterocycles. The molecule has 1 atom stereocenters. The Morgan fingerprint density at radius 1 is 1.41 bits per heavy atom. The second-order valence-corrected chi connectivity index (χ2v) is 5.01. The van der Waals surface area contributed by atoms with Gasteiger partial charge in [-0.2, -0.15) is 0 Å². The molecule has 0 amide bonds. The Balaban J connectivity index is 2.10. The highest BCUT2D eigenvalue weighted by Crippen LogP contribution is 2.26. The smallest absolute Gasteiger partial charge is 0.0663 e. The van der Waals surface area contributed by atoms with Crippen molar-refractivity contribution in [3.8, 4) is 0 Å². The van der Waals surface area contributed by atoms with Crippen LogP contribution in [-0.2, 0) is 11.3 Å². The van der Waals surface area contributed by atoms with E-state index in [9.17, 15) is 0 Å². The lowest BCUT2D eigenvalue weighted by molar-refractivity contribution is 0.0881. The van der Waals surface area contributed by atoms with Gasteiger partial charge in [0.25, 0.3) is 0 Å². The minimum atomic E-state index is 0.0300. The summed E-state index contributed by atoms with van der Waals surface area (Å²) in [5.74, 6) is 0. The minimum absolute atomic E-state index is 0.0300. The third-order valence-corrected chi connectivity index (χ3v) is 3.94. The molecule has 3 heteroatoms. The Hall–Kier alpha value is -0.900. The van der Waals surface area contributed by atoms with Crippen LogP contribution in [0.3, 0.4) is 0 Å². The molecular weight excluding hydrogens is 212 g/mol. The molecule has 1 aromatic carbocycles. The lowest BCUT2D eigenvalue weighted by Gasteiger charge is -2.36. The molecule has 3 nitrogen and oxygen atoms in total. The molecule has 0 saturated carbocycles. The van der Waals surface area contributed by atoms with Crippen LogP contribution >= 0.6 is 0 Å². The van der Waals surface area contributed by atoms with Gasteiger partial charge in [-0.15, -0.1) is 0 Å². The first-order chi connectivity index (χ1) is 8.18. The summed E-state index contributed by atoms with van der Waals surface area (Å²) in [5, 5.41) is 0. The molecule has 1 heterocycles. The summed E-state index contributed by atoms with van der Waals surface area (Å²) >= 11 is 0. The predicted molar refractivity (Wildman–Crippen MR) is 69.9 cm³/mol. The van der Waals surface area contributed by atoms with Gasteiger partial charge in [-0.1, -0.05) is 24.3 Å². The Bertz CT molecular complexity index is 372. The SMILES string of the molecule is Cc1ccccc1CN(C)C1(CN)CCOC1. The zero-order chi connectivity index (χ0) is 12.3. The third kappa shape index (κ3) is 2.51. The topological polar surface area (TPSA) is 38.5 Å². The molecule has 0 bridgehead atoms. The maximum atomic E-state index is 5.94. The summed E-state index contributed by atoms with van der Waals surface area (Å²) in [5.41, 5.74) is 8.68. The molecule has 1 aromatic rings. The standard InChI is InChI=1S/C14H22N2O/c1-12-5-3-4-6-13(12)9-16(2)14(10-15)7-8-17-11-14/h3-6H,7-11,15H2,1-2H3. The predicted octanol–water partition coefficient (Wildman–Crippen LogP) is 1.54.